The van der Waals surface area contributed by atoms with Crippen LogP contribution in [0.3, 0.4) is 0 Å². The Morgan fingerprint density at radius 1 is 1.04 bits per heavy atom. The van der Waals surface area contributed by atoms with Gasteiger partial charge in [-0.3, -0.25) is 9.59 Å². The van der Waals surface area contributed by atoms with Crippen LogP contribution in [0.15, 0.2) is 48.5 Å². The van der Waals surface area contributed by atoms with Crippen molar-refractivity contribution in [2.24, 2.45) is 0 Å². The van der Waals surface area contributed by atoms with E-state index in [9.17, 15) is 14.4 Å². The first-order valence-corrected chi connectivity index (χ1v) is 8.47. The van der Waals surface area contributed by atoms with E-state index in [0.29, 0.717) is 22.1 Å². The molecule has 0 spiro atoms. The number of hydrogen-bond donors (Lipinski definition) is 2. The molecule has 2 amide bonds. The lowest BCUT2D eigenvalue weighted by atomic mass is 10.2. The molecule has 8 heteroatoms. The summed E-state index contributed by atoms with van der Waals surface area (Å²) in [5.41, 5.74) is 1.12. The van der Waals surface area contributed by atoms with E-state index in [2.05, 4.69) is 10.6 Å². The van der Waals surface area contributed by atoms with Crippen molar-refractivity contribution in [3.05, 3.63) is 53.6 Å². The number of carbonyl (C=O) groups excluding carboxylic acids is 3. The summed E-state index contributed by atoms with van der Waals surface area (Å²) >= 11 is 5.83. The molecule has 0 saturated heterocycles. The summed E-state index contributed by atoms with van der Waals surface area (Å²) < 4.78 is 10.3. The Kier molecular flexibility index (Phi) is 7.19. The molecule has 0 aliphatic rings. The number of amides is 2. The summed E-state index contributed by atoms with van der Waals surface area (Å²) in [6.45, 7) is 2.52. The molecule has 0 radical (unpaired) electrons. The summed E-state index contributed by atoms with van der Waals surface area (Å²) in [5.74, 6) is -0.930. The second kappa shape index (κ2) is 9.59. The van der Waals surface area contributed by atoms with Crippen LogP contribution in [0, 0.1) is 0 Å². The third kappa shape index (κ3) is 6.99. The molecule has 27 heavy (non-hydrogen) atoms. The van der Waals surface area contributed by atoms with E-state index in [0.717, 1.165) is 0 Å². The molecule has 0 fully saturated rings. The van der Waals surface area contributed by atoms with Gasteiger partial charge in [0.25, 0.3) is 5.91 Å². The minimum atomic E-state index is -1.00. The number of benzene rings is 2. The lowest BCUT2D eigenvalue weighted by molar-refractivity contribution is -0.155. The van der Waals surface area contributed by atoms with Crippen molar-refractivity contribution < 1.29 is 23.9 Å². The van der Waals surface area contributed by atoms with Gasteiger partial charge < -0.3 is 20.1 Å². The summed E-state index contributed by atoms with van der Waals surface area (Å²) in [6, 6.07) is 13.1. The van der Waals surface area contributed by atoms with E-state index in [4.69, 9.17) is 21.1 Å². The van der Waals surface area contributed by atoms with E-state index in [1.807, 2.05) is 0 Å². The van der Waals surface area contributed by atoms with Crippen molar-refractivity contribution in [3.8, 4) is 5.75 Å². The third-order valence-corrected chi connectivity index (χ3v) is 3.54. The Bertz CT molecular complexity index is 823. The molecule has 0 aliphatic heterocycles. The number of nitrogens with one attached hydrogen (secondary N) is 2. The fourth-order valence-corrected chi connectivity index (χ4v) is 2.25. The molecular weight excluding hydrogens is 372 g/mol. The summed E-state index contributed by atoms with van der Waals surface area (Å²) in [5, 5.41) is 5.73. The monoisotopic (exact) mass is 390 g/mol. The largest absolute Gasteiger partial charge is 0.482 e. The highest BCUT2D eigenvalue weighted by molar-refractivity contribution is 6.30. The van der Waals surface area contributed by atoms with Gasteiger partial charge >= 0.3 is 5.97 Å². The maximum atomic E-state index is 12.1. The number of carbonyl (C=O) groups is 3. The molecule has 1 atom stereocenters. The van der Waals surface area contributed by atoms with Crippen LogP contribution in [-0.2, 0) is 19.1 Å². The van der Waals surface area contributed by atoms with Crippen molar-refractivity contribution in [2.75, 3.05) is 17.2 Å². The molecule has 2 rings (SSSR count). The topological polar surface area (TPSA) is 93.7 Å². The highest BCUT2D eigenvalue weighted by Crippen LogP contribution is 2.17. The number of esters is 1. The van der Waals surface area contributed by atoms with E-state index < -0.39 is 18.0 Å². The minimum absolute atomic E-state index is 0.188. The maximum absolute atomic E-state index is 12.1. The first-order valence-electron chi connectivity index (χ1n) is 8.10. The normalized spacial score (nSPS) is 11.2. The van der Waals surface area contributed by atoms with Gasteiger partial charge in [-0.25, -0.2) is 4.79 Å². The number of halogens is 1. The Morgan fingerprint density at radius 3 is 2.26 bits per heavy atom. The summed E-state index contributed by atoms with van der Waals surface area (Å²) in [4.78, 5) is 34.9. The van der Waals surface area contributed by atoms with E-state index in [-0.39, 0.29) is 12.5 Å². The number of anilines is 2. The lowest BCUT2D eigenvalue weighted by Crippen LogP contribution is -2.31. The molecule has 142 valence electrons. The molecule has 0 saturated carbocycles. The highest BCUT2D eigenvalue weighted by atomic mass is 35.5. The van der Waals surface area contributed by atoms with Gasteiger partial charge in [0.05, 0.1) is 0 Å². The predicted octanol–water partition coefficient (Wildman–Crippen LogP) is 3.25. The number of rotatable bonds is 7. The average Bonchev–Trinajstić information content (AvgIpc) is 2.61. The van der Waals surface area contributed by atoms with E-state index in [1.165, 1.54) is 13.8 Å². The van der Waals surface area contributed by atoms with E-state index in [1.54, 1.807) is 48.5 Å². The van der Waals surface area contributed by atoms with Gasteiger partial charge in [-0.05, 0) is 49.4 Å². The average molecular weight is 391 g/mol. The van der Waals surface area contributed by atoms with Gasteiger partial charge in [-0.2, -0.15) is 0 Å². The van der Waals surface area contributed by atoms with Crippen molar-refractivity contribution in [3.63, 3.8) is 0 Å². The van der Waals surface area contributed by atoms with Crippen LogP contribution in [0.25, 0.3) is 0 Å². The second-order valence-electron chi connectivity index (χ2n) is 5.63. The van der Waals surface area contributed by atoms with Crippen molar-refractivity contribution in [1.82, 2.24) is 0 Å². The van der Waals surface area contributed by atoms with Crippen LogP contribution in [0.5, 0.6) is 5.75 Å². The zero-order valence-electron chi connectivity index (χ0n) is 14.8. The zero-order chi connectivity index (χ0) is 19.8. The van der Waals surface area contributed by atoms with Gasteiger partial charge in [-0.15, -0.1) is 0 Å². The fraction of sp³-hybridized carbons (Fsp3) is 0.211. The lowest BCUT2D eigenvalue weighted by Gasteiger charge is -2.14. The third-order valence-electron chi connectivity index (χ3n) is 3.30. The summed E-state index contributed by atoms with van der Waals surface area (Å²) in [6.07, 6.45) is -1.00. The maximum Gasteiger partial charge on any atom is 0.344 e. The molecule has 0 heterocycles. The second-order valence-corrected chi connectivity index (χ2v) is 6.06. The first-order chi connectivity index (χ1) is 12.8. The predicted molar refractivity (Wildman–Crippen MR) is 102 cm³/mol. The smallest absolute Gasteiger partial charge is 0.344 e. The highest BCUT2D eigenvalue weighted by Gasteiger charge is 2.18. The molecular formula is C19H19ClN2O5. The van der Waals surface area contributed by atoms with Gasteiger partial charge in [0, 0.05) is 23.3 Å². The standard InChI is InChI=1S/C19H19ClN2O5/c1-12(27-18(24)11-26-17-5-3-4-14(20)10-17)19(25)22-16-8-6-15(7-9-16)21-13(2)23/h3-10,12H,11H2,1-2H3,(H,21,23)(H,22,25)/t12-/m0/s1. The Balaban J connectivity index is 1.80. The molecule has 7 nitrogen and oxygen atoms in total. The minimum Gasteiger partial charge on any atom is -0.482 e. The zero-order valence-corrected chi connectivity index (χ0v) is 15.6. The molecule has 0 unspecified atom stereocenters. The SMILES string of the molecule is CC(=O)Nc1ccc(NC(=O)[C@H](C)OC(=O)COc2cccc(Cl)c2)cc1. The molecule has 2 aromatic carbocycles. The van der Waals surface area contributed by atoms with Crippen molar-refractivity contribution in [2.45, 2.75) is 20.0 Å². The van der Waals surface area contributed by atoms with E-state index >= 15 is 0 Å². The number of ether oxygens (including phenoxy) is 2. The van der Waals surface area contributed by atoms with Crippen LogP contribution in [-0.4, -0.2) is 30.5 Å². The Labute approximate surface area is 161 Å². The van der Waals surface area contributed by atoms with Crippen LogP contribution in [0.1, 0.15) is 13.8 Å². The van der Waals surface area contributed by atoms with Gasteiger partial charge in [0.15, 0.2) is 12.7 Å². The van der Waals surface area contributed by atoms with Gasteiger partial charge in [0.2, 0.25) is 5.91 Å². The van der Waals surface area contributed by atoms with Crippen molar-refractivity contribution >= 4 is 40.8 Å². The number of hydrogen-bond acceptors (Lipinski definition) is 5. The molecule has 0 bridgehead atoms. The Morgan fingerprint density at radius 2 is 1.67 bits per heavy atom. The summed E-state index contributed by atoms with van der Waals surface area (Å²) in [7, 11) is 0. The molecule has 2 N–H and O–H groups in total. The first kappa shape index (κ1) is 20.3. The van der Waals surface area contributed by atoms with Crippen LogP contribution in [0.2, 0.25) is 5.02 Å². The van der Waals surface area contributed by atoms with Crippen LogP contribution >= 0.6 is 11.6 Å². The molecule has 0 aliphatic carbocycles. The van der Waals surface area contributed by atoms with Crippen molar-refractivity contribution in [1.29, 1.82) is 0 Å². The quantitative estimate of drug-likeness (QED) is 0.708. The molecule has 2 aromatic rings. The van der Waals surface area contributed by atoms with Crippen LogP contribution < -0.4 is 15.4 Å². The fourth-order valence-electron chi connectivity index (χ4n) is 2.07. The van der Waals surface area contributed by atoms with Gasteiger partial charge in [-0.1, -0.05) is 17.7 Å². The molecule has 0 aromatic heterocycles. The Hall–Kier alpha value is -3.06. The van der Waals surface area contributed by atoms with Gasteiger partial charge in [0.1, 0.15) is 5.75 Å². The van der Waals surface area contributed by atoms with Crippen LogP contribution in [0.4, 0.5) is 11.4 Å².